The van der Waals surface area contributed by atoms with E-state index in [9.17, 15) is 4.79 Å². The molecule has 0 unspecified atom stereocenters. The molecule has 0 aliphatic rings. The number of nitrogens with zero attached hydrogens (tertiary/aromatic N) is 1. The van der Waals surface area contributed by atoms with E-state index in [0.29, 0.717) is 18.8 Å². The summed E-state index contributed by atoms with van der Waals surface area (Å²) in [4.78, 5) is 13.7. The van der Waals surface area contributed by atoms with Gasteiger partial charge in [-0.05, 0) is 61.7 Å². The fourth-order valence-corrected chi connectivity index (χ4v) is 2.37. The highest BCUT2D eigenvalue weighted by atomic mass is 16.6. The molecule has 0 bridgehead atoms. The van der Waals surface area contributed by atoms with E-state index >= 15 is 0 Å². The van der Waals surface area contributed by atoms with Gasteiger partial charge >= 0.3 is 6.09 Å². The Morgan fingerprint density at radius 3 is 2.13 bits per heavy atom. The highest BCUT2D eigenvalue weighted by Crippen LogP contribution is 2.27. The Kier molecular flexibility index (Phi) is 5.63. The van der Waals surface area contributed by atoms with Gasteiger partial charge in [0.2, 0.25) is 0 Å². The highest BCUT2D eigenvalue weighted by molar-refractivity contribution is 5.72. The van der Waals surface area contributed by atoms with Crippen molar-refractivity contribution in [2.24, 2.45) is 0 Å². The molecule has 0 spiro atoms. The number of hydrogen-bond acceptors (Lipinski definition) is 3. The Balaban J connectivity index is 2.18. The van der Waals surface area contributed by atoms with Gasteiger partial charge in [-0.15, -0.1) is 0 Å². The van der Waals surface area contributed by atoms with Crippen LogP contribution in [0.4, 0.5) is 4.79 Å². The number of aryl methyl sites for hydroxylation is 1. The fourth-order valence-electron chi connectivity index (χ4n) is 2.37. The molecule has 2 aromatic carbocycles. The molecule has 4 heteroatoms. The number of rotatable bonds is 5. The summed E-state index contributed by atoms with van der Waals surface area (Å²) in [7, 11) is 1.65. The lowest BCUT2D eigenvalue weighted by Crippen LogP contribution is -2.33. The standard InChI is InChI=1S/C19H23NO3/c1-5-20(6-2)19(21)23-18-12-9-16(13-14(18)3)15-7-10-17(22-4)11-8-15/h7-13H,5-6H2,1-4H3. The average molecular weight is 313 g/mol. The van der Waals surface area contributed by atoms with Crippen LogP contribution in [-0.4, -0.2) is 31.2 Å². The molecule has 0 saturated heterocycles. The summed E-state index contributed by atoms with van der Waals surface area (Å²) in [5.74, 6) is 1.43. The van der Waals surface area contributed by atoms with Gasteiger partial charge in [-0.2, -0.15) is 0 Å². The van der Waals surface area contributed by atoms with Crippen LogP contribution in [0.5, 0.6) is 11.5 Å². The highest BCUT2D eigenvalue weighted by Gasteiger charge is 2.13. The van der Waals surface area contributed by atoms with Gasteiger partial charge in [0.15, 0.2) is 0 Å². The smallest absolute Gasteiger partial charge is 0.415 e. The molecule has 0 aliphatic heterocycles. The van der Waals surface area contributed by atoms with Gasteiger partial charge in [0.05, 0.1) is 7.11 Å². The van der Waals surface area contributed by atoms with E-state index < -0.39 is 0 Å². The Bertz CT molecular complexity index is 661. The second-order valence-electron chi connectivity index (χ2n) is 5.25. The molecule has 4 nitrogen and oxygen atoms in total. The third-order valence-electron chi connectivity index (χ3n) is 3.82. The van der Waals surface area contributed by atoms with Crippen molar-refractivity contribution in [2.75, 3.05) is 20.2 Å². The van der Waals surface area contributed by atoms with Crippen molar-refractivity contribution in [3.05, 3.63) is 48.0 Å². The minimum absolute atomic E-state index is 0.310. The first kappa shape index (κ1) is 16.9. The summed E-state index contributed by atoms with van der Waals surface area (Å²) in [5.41, 5.74) is 3.10. The van der Waals surface area contributed by atoms with Crippen LogP contribution < -0.4 is 9.47 Å². The molecular formula is C19H23NO3. The Hall–Kier alpha value is -2.49. The van der Waals surface area contributed by atoms with E-state index in [-0.39, 0.29) is 6.09 Å². The molecule has 2 aromatic rings. The zero-order valence-corrected chi connectivity index (χ0v) is 14.1. The normalized spacial score (nSPS) is 10.3. The molecule has 0 fully saturated rings. The Labute approximate surface area is 137 Å². The third-order valence-corrected chi connectivity index (χ3v) is 3.82. The maximum atomic E-state index is 12.0. The number of methoxy groups -OCH3 is 1. The number of benzene rings is 2. The maximum absolute atomic E-state index is 12.0. The zero-order valence-electron chi connectivity index (χ0n) is 14.1. The van der Waals surface area contributed by atoms with E-state index in [4.69, 9.17) is 9.47 Å². The molecule has 0 N–H and O–H groups in total. The molecule has 1 amide bonds. The van der Waals surface area contributed by atoms with E-state index in [1.807, 2.05) is 63.2 Å². The lowest BCUT2D eigenvalue weighted by molar-refractivity contribution is 0.157. The average Bonchev–Trinajstić information content (AvgIpc) is 2.58. The van der Waals surface area contributed by atoms with Crippen LogP contribution in [0.1, 0.15) is 19.4 Å². The number of carbonyl (C=O) groups excluding carboxylic acids is 1. The van der Waals surface area contributed by atoms with Crippen molar-refractivity contribution < 1.29 is 14.3 Å². The van der Waals surface area contributed by atoms with Gasteiger partial charge in [0, 0.05) is 13.1 Å². The van der Waals surface area contributed by atoms with Crippen LogP contribution in [0.15, 0.2) is 42.5 Å². The minimum Gasteiger partial charge on any atom is -0.497 e. The monoisotopic (exact) mass is 313 g/mol. The van der Waals surface area contributed by atoms with Crippen molar-refractivity contribution in [2.45, 2.75) is 20.8 Å². The summed E-state index contributed by atoms with van der Waals surface area (Å²) in [6.07, 6.45) is -0.310. The number of carbonyl (C=O) groups is 1. The summed E-state index contributed by atoms with van der Waals surface area (Å²) in [6.45, 7) is 7.09. The zero-order chi connectivity index (χ0) is 16.8. The molecule has 0 aromatic heterocycles. The maximum Gasteiger partial charge on any atom is 0.415 e. The predicted octanol–water partition coefficient (Wildman–Crippen LogP) is 4.51. The molecule has 0 heterocycles. The number of hydrogen-bond donors (Lipinski definition) is 0. The van der Waals surface area contributed by atoms with E-state index in [1.54, 1.807) is 12.0 Å². The molecule has 0 aliphatic carbocycles. The number of ether oxygens (including phenoxy) is 2. The second-order valence-corrected chi connectivity index (χ2v) is 5.25. The number of amides is 1. The van der Waals surface area contributed by atoms with Gasteiger partial charge in [0.25, 0.3) is 0 Å². The van der Waals surface area contributed by atoms with Crippen molar-refractivity contribution in [3.63, 3.8) is 0 Å². The van der Waals surface area contributed by atoms with Gasteiger partial charge in [-0.25, -0.2) is 4.79 Å². The van der Waals surface area contributed by atoms with Gasteiger partial charge in [-0.1, -0.05) is 18.2 Å². The predicted molar refractivity (Wildman–Crippen MR) is 92.1 cm³/mol. The van der Waals surface area contributed by atoms with Crippen LogP contribution in [0.25, 0.3) is 11.1 Å². The second kappa shape index (κ2) is 7.68. The first-order valence-electron chi connectivity index (χ1n) is 7.80. The molecule has 0 saturated carbocycles. The van der Waals surface area contributed by atoms with Crippen LogP contribution in [0.2, 0.25) is 0 Å². The summed E-state index contributed by atoms with van der Waals surface area (Å²) in [6, 6.07) is 13.7. The minimum atomic E-state index is -0.310. The van der Waals surface area contributed by atoms with Gasteiger partial charge < -0.3 is 14.4 Å². The molecule has 0 atom stereocenters. The third kappa shape index (κ3) is 4.03. The quantitative estimate of drug-likeness (QED) is 0.815. The first-order chi connectivity index (χ1) is 11.1. The van der Waals surface area contributed by atoms with Crippen molar-refractivity contribution in [3.8, 4) is 22.6 Å². The lowest BCUT2D eigenvalue weighted by atomic mass is 10.0. The topological polar surface area (TPSA) is 38.8 Å². The first-order valence-corrected chi connectivity index (χ1v) is 7.80. The lowest BCUT2D eigenvalue weighted by Gasteiger charge is -2.18. The van der Waals surface area contributed by atoms with Crippen molar-refractivity contribution in [1.82, 2.24) is 4.90 Å². The molecule has 122 valence electrons. The van der Waals surface area contributed by atoms with E-state index in [2.05, 4.69) is 0 Å². The van der Waals surface area contributed by atoms with Crippen LogP contribution in [0.3, 0.4) is 0 Å². The molecular weight excluding hydrogens is 290 g/mol. The van der Waals surface area contributed by atoms with Crippen LogP contribution >= 0.6 is 0 Å². The summed E-state index contributed by atoms with van der Waals surface area (Å²) < 4.78 is 10.7. The van der Waals surface area contributed by atoms with E-state index in [1.165, 1.54) is 0 Å². The molecule has 0 radical (unpaired) electrons. The Morgan fingerprint density at radius 1 is 1.00 bits per heavy atom. The van der Waals surface area contributed by atoms with Gasteiger partial charge in [-0.3, -0.25) is 0 Å². The summed E-state index contributed by atoms with van der Waals surface area (Å²) in [5, 5.41) is 0. The van der Waals surface area contributed by atoms with Crippen molar-refractivity contribution in [1.29, 1.82) is 0 Å². The fraction of sp³-hybridized carbons (Fsp3) is 0.316. The van der Waals surface area contributed by atoms with E-state index in [0.717, 1.165) is 22.4 Å². The van der Waals surface area contributed by atoms with Crippen LogP contribution in [-0.2, 0) is 0 Å². The van der Waals surface area contributed by atoms with Gasteiger partial charge in [0.1, 0.15) is 11.5 Å². The summed E-state index contributed by atoms with van der Waals surface area (Å²) >= 11 is 0. The van der Waals surface area contributed by atoms with Crippen LogP contribution in [0, 0.1) is 6.92 Å². The SMILES string of the molecule is CCN(CC)C(=O)Oc1ccc(-c2ccc(OC)cc2)cc1C. The molecule has 23 heavy (non-hydrogen) atoms. The molecule has 2 rings (SSSR count). The van der Waals surface area contributed by atoms with Crippen molar-refractivity contribution >= 4 is 6.09 Å². The largest absolute Gasteiger partial charge is 0.497 e. The Morgan fingerprint density at radius 2 is 1.61 bits per heavy atom.